The zero-order valence-corrected chi connectivity index (χ0v) is 7.81. The maximum absolute atomic E-state index is 2.45. The minimum atomic E-state index is 1.16. The Morgan fingerprint density at radius 1 is 1.67 bits per heavy atom. The van der Waals surface area contributed by atoms with Gasteiger partial charge in [0.25, 0.3) is 0 Å². The van der Waals surface area contributed by atoms with Crippen LogP contribution in [0.5, 0.6) is 0 Å². The van der Waals surface area contributed by atoms with Gasteiger partial charge in [-0.15, -0.1) is 0 Å². The lowest BCUT2D eigenvalue weighted by molar-refractivity contribution is 1.35. The first-order valence-corrected chi connectivity index (χ1v) is 4.40. The second kappa shape index (κ2) is 3.40. The van der Waals surface area contributed by atoms with Crippen molar-refractivity contribution in [3.63, 3.8) is 0 Å². The molecule has 0 radical (unpaired) electrons. The third-order valence-electron chi connectivity index (χ3n) is 1.42. The third kappa shape index (κ3) is 2.52. The quantitative estimate of drug-likeness (QED) is 0.507. The second-order valence-corrected chi connectivity index (χ2v) is 3.58. The lowest BCUT2D eigenvalue weighted by Crippen LogP contribution is -1.64. The topological polar surface area (TPSA) is 0 Å². The van der Waals surface area contributed by atoms with Gasteiger partial charge < -0.3 is 0 Å². The van der Waals surface area contributed by atoms with E-state index < -0.39 is 0 Å². The smallest absolute Gasteiger partial charge is 0.00397 e. The molecule has 0 aromatic carbocycles. The molecule has 1 heteroatoms. The van der Waals surface area contributed by atoms with Crippen molar-refractivity contribution in [2.75, 3.05) is 0 Å². The number of hydrogen-bond donors (Lipinski definition) is 0. The molecule has 0 aromatic heterocycles. The largest absolute Gasteiger partial charge is 0.0913 e. The number of halogens is 1. The molecule has 1 saturated carbocycles. The van der Waals surface area contributed by atoms with Gasteiger partial charge in [0.1, 0.15) is 0 Å². The highest BCUT2D eigenvalue weighted by molar-refractivity contribution is 14.1. The van der Waals surface area contributed by atoms with Crippen molar-refractivity contribution in [1.82, 2.24) is 0 Å². The summed E-state index contributed by atoms with van der Waals surface area (Å²) in [4.78, 5) is 0. The van der Waals surface area contributed by atoms with Gasteiger partial charge in [-0.05, 0) is 52.4 Å². The molecule has 1 aliphatic rings. The lowest BCUT2D eigenvalue weighted by atomic mass is 10.3. The highest BCUT2D eigenvalue weighted by Crippen LogP contribution is 2.36. The molecule has 1 aliphatic carbocycles. The molecule has 0 N–H and O–H groups in total. The molecule has 0 heterocycles. The van der Waals surface area contributed by atoms with Crippen molar-refractivity contribution in [3.05, 3.63) is 21.3 Å². The van der Waals surface area contributed by atoms with Gasteiger partial charge in [0, 0.05) is 0 Å². The molecule has 0 aromatic rings. The fraction of sp³-hybridized carbons (Fsp3) is 0.500. The van der Waals surface area contributed by atoms with Gasteiger partial charge >= 0.3 is 0 Å². The number of allylic oxidation sites excluding steroid dienone is 4. The van der Waals surface area contributed by atoms with E-state index in [0.717, 1.165) is 6.42 Å². The molecule has 0 bridgehead atoms. The molecular weight excluding hydrogens is 223 g/mol. The Balaban J connectivity index is 2.35. The molecule has 0 atom stereocenters. The van der Waals surface area contributed by atoms with Crippen LogP contribution in [0.25, 0.3) is 0 Å². The van der Waals surface area contributed by atoms with Gasteiger partial charge in [0.15, 0.2) is 0 Å². The summed E-state index contributed by atoms with van der Waals surface area (Å²) in [6.45, 7) is 2.07. The fourth-order valence-corrected chi connectivity index (χ4v) is 1.49. The summed E-state index contributed by atoms with van der Waals surface area (Å²) in [5, 5.41) is 0. The molecule has 0 nitrogen and oxygen atoms in total. The zero-order chi connectivity index (χ0) is 6.69. The van der Waals surface area contributed by atoms with E-state index >= 15 is 0 Å². The second-order valence-electron chi connectivity index (χ2n) is 2.28. The monoisotopic (exact) mass is 234 g/mol. The van der Waals surface area contributed by atoms with Crippen LogP contribution in [0.2, 0.25) is 0 Å². The van der Waals surface area contributed by atoms with Crippen molar-refractivity contribution in [1.29, 1.82) is 0 Å². The minimum Gasteiger partial charge on any atom is -0.0913 e. The van der Waals surface area contributed by atoms with Crippen molar-refractivity contribution in [3.8, 4) is 0 Å². The average molecular weight is 234 g/mol. The molecule has 9 heavy (non-hydrogen) atoms. The van der Waals surface area contributed by atoms with Gasteiger partial charge in [0.05, 0.1) is 0 Å². The molecule has 0 amide bonds. The van der Waals surface area contributed by atoms with Crippen LogP contribution in [0.1, 0.15) is 26.2 Å². The van der Waals surface area contributed by atoms with E-state index in [1.165, 1.54) is 12.8 Å². The highest BCUT2D eigenvalue weighted by atomic mass is 127. The predicted octanol–water partition coefficient (Wildman–Crippen LogP) is 3.44. The average Bonchev–Trinajstić information content (AvgIpc) is 2.63. The Labute approximate surface area is 70.2 Å². The molecule has 1 fully saturated rings. The van der Waals surface area contributed by atoms with E-state index in [4.69, 9.17) is 0 Å². The first-order valence-electron chi connectivity index (χ1n) is 3.32. The van der Waals surface area contributed by atoms with Gasteiger partial charge in [-0.25, -0.2) is 0 Å². The minimum absolute atomic E-state index is 1.16. The SMILES string of the molecule is C/C=C/CC(I)=C1CC1. The van der Waals surface area contributed by atoms with Crippen molar-refractivity contribution < 1.29 is 0 Å². The fourth-order valence-electron chi connectivity index (χ4n) is 0.699. The maximum Gasteiger partial charge on any atom is -0.00397 e. The van der Waals surface area contributed by atoms with E-state index in [1.54, 1.807) is 9.15 Å². The summed E-state index contributed by atoms with van der Waals surface area (Å²) in [5.74, 6) is 0. The first kappa shape index (κ1) is 7.32. The van der Waals surface area contributed by atoms with Crippen LogP contribution in [0.4, 0.5) is 0 Å². The van der Waals surface area contributed by atoms with E-state index in [1.807, 2.05) is 0 Å². The molecule has 0 aliphatic heterocycles. The first-order chi connectivity index (χ1) is 4.34. The Bertz CT molecular complexity index is 148. The van der Waals surface area contributed by atoms with Crippen LogP contribution in [-0.4, -0.2) is 0 Å². The van der Waals surface area contributed by atoms with Crippen LogP contribution in [0.3, 0.4) is 0 Å². The molecule has 0 saturated heterocycles. The van der Waals surface area contributed by atoms with Crippen LogP contribution in [0.15, 0.2) is 21.3 Å². The van der Waals surface area contributed by atoms with Crippen LogP contribution in [0, 0.1) is 0 Å². The highest BCUT2D eigenvalue weighted by Gasteiger charge is 2.14. The van der Waals surface area contributed by atoms with E-state index in [9.17, 15) is 0 Å². The molecule has 50 valence electrons. The number of rotatable bonds is 2. The van der Waals surface area contributed by atoms with Gasteiger partial charge in [-0.1, -0.05) is 17.7 Å². The van der Waals surface area contributed by atoms with Gasteiger partial charge in [-0.3, -0.25) is 0 Å². The number of hydrogen-bond acceptors (Lipinski definition) is 0. The van der Waals surface area contributed by atoms with Crippen molar-refractivity contribution >= 4 is 22.6 Å². The van der Waals surface area contributed by atoms with E-state index in [2.05, 4.69) is 41.7 Å². The predicted molar refractivity (Wildman–Crippen MR) is 49.7 cm³/mol. The van der Waals surface area contributed by atoms with Crippen LogP contribution in [-0.2, 0) is 0 Å². The summed E-state index contributed by atoms with van der Waals surface area (Å²) in [6.07, 6.45) is 8.20. The van der Waals surface area contributed by atoms with Crippen LogP contribution < -0.4 is 0 Å². The summed E-state index contributed by atoms with van der Waals surface area (Å²) < 4.78 is 1.56. The van der Waals surface area contributed by atoms with Crippen molar-refractivity contribution in [2.24, 2.45) is 0 Å². The molecule has 1 rings (SSSR count). The Morgan fingerprint density at radius 2 is 2.33 bits per heavy atom. The zero-order valence-electron chi connectivity index (χ0n) is 5.65. The van der Waals surface area contributed by atoms with Gasteiger partial charge in [0.2, 0.25) is 0 Å². The summed E-state index contributed by atoms with van der Waals surface area (Å²) >= 11 is 2.45. The Morgan fingerprint density at radius 3 is 2.78 bits per heavy atom. The summed E-state index contributed by atoms with van der Waals surface area (Å²) in [6, 6.07) is 0. The van der Waals surface area contributed by atoms with Crippen molar-refractivity contribution in [2.45, 2.75) is 26.2 Å². The lowest BCUT2D eigenvalue weighted by Gasteiger charge is -1.87. The Hall–Kier alpha value is 0.210. The summed E-state index contributed by atoms with van der Waals surface area (Å²) in [7, 11) is 0. The van der Waals surface area contributed by atoms with Gasteiger partial charge in [-0.2, -0.15) is 0 Å². The normalized spacial score (nSPS) is 16.9. The third-order valence-corrected chi connectivity index (χ3v) is 2.62. The van der Waals surface area contributed by atoms with E-state index in [-0.39, 0.29) is 0 Å². The molecule has 0 spiro atoms. The van der Waals surface area contributed by atoms with E-state index in [0.29, 0.717) is 0 Å². The molecular formula is C8H11I. The maximum atomic E-state index is 2.45. The standard InChI is InChI=1S/C8H11I/c1-2-3-4-8(9)7-5-6-7/h2-3H,4-6H2,1H3/b3-2+. The summed E-state index contributed by atoms with van der Waals surface area (Å²) in [5.41, 5.74) is 1.67. The molecule has 0 unspecified atom stereocenters. The Kier molecular flexibility index (Phi) is 2.76. The van der Waals surface area contributed by atoms with Crippen LogP contribution >= 0.6 is 22.6 Å².